The second-order valence-electron chi connectivity index (χ2n) is 14.4. The van der Waals surface area contributed by atoms with Crippen LogP contribution in [0.4, 0.5) is 0 Å². The quantitative estimate of drug-likeness (QED) is 0.0276. The van der Waals surface area contributed by atoms with E-state index in [2.05, 4.69) is 122 Å². The van der Waals surface area contributed by atoms with E-state index in [1.165, 1.54) is 0 Å². The van der Waals surface area contributed by atoms with Crippen LogP contribution < -0.4 is 10.6 Å². The number of hydrogen-bond acceptors (Lipinski definition) is 6. The molecule has 2 atom stereocenters. The van der Waals surface area contributed by atoms with Crippen LogP contribution in [-0.4, -0.2) is 59.3 Å². The monoisotopic (exact) mass is 807 g/mol. The lowest BCUT2D eigenvalue weighted by Crippen LogP contribution is -2.47. The van der Waals surface area contributed by atoms with Gasteiger partial charge < -0.3 is 25.6 Å². The van der Waals surface area contributed by atoms with Crippen LogP contribution in [0.5, 0.6) is 0 Å². The van der Waals surface area contributed by atoms with Gasteiger partial charge >= 0.3 is 11.9 Å². The molecule has 0 rings (SSSR count). The summed E-state index contributed by atoms with van der Waals surface area (Å²) in [5, 5.41) is 22.6. The fraction of sp³-hybridized carbons (Fsp3) is 0.592. The van der Waals surface area contributed by atoms with E-state index in [0.717, 1.165) is 128 Å². The number of unbranched alkanes of at least 4 members (excludes halogenated alkanes) is 8. The van der Waals surface area contributed by atoms with Crippen LogP contribution in [-0.2, 0) is 23.9 Å². The van der Waals surface area contributed by atoms with Gasteiger partial charge in [-0.1, -0.05) is 130 Å². The normalized spacial score (nSPS) is 13.4. The van der Waals surface area contributed by atoms with Crippen LogP contribution in [0.1, 0.15) is 162 Å². The number of carboxylic acid groups (broad SMARTS) is 1. The Bertz CT molecular complexity index is 1290. The number of carbonyl (C=O) groups excluding carboxylic acids is 3. The molecule has 0 aromatic rings. The fourth-order valence-electron chi connectivity index (χ4n) is 5.75. The van der Waals surface area contributed by atoms with Gasteiger partial charge in [0.1, 0.15) is 12.1 Å². The molecular formula is C49H78N2O7. The van der Waals surface area contributed by atoms with Crippen molar-refractivity contribution in [3.8, 4) is 0 Å². The molecule has 0 radical (unpaired) electrons. The second kappa shape index (κ2) is 42.4. The standard InChI is InChI=1S/C49H78N2O7/c1-3-5-7-9-11-13-15-17-19-21-23-25-27-30-34-38-44(39-35-31-29-32-36-40-46(53)50-42-47(54)51-45(43-52)49(56)57)58-48(55)41-37-33-28-26-24-22-20-18-16-14-12-10-8-6-4-2/h5-8,11-14,17-20,23-26,44-45,52H,3-4,9-10,15-16,21-22,27-43H2,1-2H3,(H,50,53)(H,51,54)(H,56,57)/b7-5-,8-6-,13-11-,14-12-,19-17-,20-18-,25-23-,26-24-. The van der Waals surface area contributed by atoms with Crippen molar-refractivity contribution in [2.45, 2.75) is 174 Å². The van der Waals surface area contributed by atoms with Crippen molar-refractivity contribution in [3.63, 3.8) is 0 Å². The van der Waals surface area contributed by atoms with Crippen LogP contribution in [0.25, 0.3) is 0 Å². The lowest BCUT2D eigenvalue weighted by atomic mass is 10.0. The Kier molecular flexibility index (Phi) is 39.3. The maximum atomic E-state index is 12.8. The van der Waals surface area contributed by atoms with Crippen LogP contribution in [0.3, 0.4) is 0 Å². The summed E-state index contributed by atoms with van der Waals surface area (Å²) in [5.74, 6) is -2.39. The third-order valence-corrected chi connectivity index (χ3v) is 9.08. The highest BCUT2D eigenvalue weighted by molar-refractivity contribution is 5.87. The molecule has 9 nitrogen and oxygen atoms in total. The number of nitrogens with one attached hydrogen (secondary N) is 2. The van der Waals surface area contributed by atoms with Crippen molar-refractivity contribution in [3.05, 3.63) is 97.2 Å². The van der Waals surface area contributed by atoms with E-state index in [1.807, 2.05) is 0 Å². The summed E-state index contributed by atoms with van der Waals surface area (Å²) in [4.78, 5) is 47.6. The number of hydrogen-bond donors (Lipinski definition) is 4. The maximum absolute atomic E-state index is 12.8. The molecule has 0 spiro atoms. The third-order valence-electron chi connectivity index (χ3n) is 9.08. The smallest absolute Gasteiger partial charge is 0.328 e. The van der Waals surface area contributed by atoms with E-state index in [4.69, 9.17) is 14.9 Å². The van der Waals surface area contributed by atoms with Gasteiger partial charge in [-0.15, -0.1) is 0 Å². The molecule has 0 aliphatic heterocycles. The van der Waals surface area contributed by atoms with E-state index in [9.17, 15) is 19.2 Å². The molecule has 2 amide bonds. The predicted molar refractivity (Wildman–Crippen MR) is 240 cm³/mol. The summed E-state index contributed by atoms with van der Waals surface area (Å²) in [5.41, 5.74) is 0. The Balaban J connectivity index is 4.53. The first kappa shape index (κ1) is 53.8. The molecule has 0 saturated heterocycles. The molecule has 9 heteroatoms. The molecule has 0 aliphatic rings. The van der Waals surface area contributed by atoms with Crippen LogP contribution >= 0.6 is 0 Å². The Morgan fingerprint density at radius 3 is 1.41 bits per heavy atom. The van der Waals surface area contributed by atoms with E-state index >= 15 is 0 Å². The molecule has 0 bridgehead atoms. The number of allylic oxidation sites excluding steroid dienone is 16. The number of ether oxygens (including phenoxy) is 1. The van der Waals surface area contributed by atoms with Crippen molar-refractivity contribution < 1.29 is 34.1 Å². The Labute approximate surface area is 351 Å². The molecule has 0 saturated carbocycles. The molecule has 0 heterocycles. The van der Waals surface area contributed by atoms with Gasteiger partial charge in [0.15, 0.2) is 0 Å². The Hall–Kier alpha value is -4.24. The van der Waals surface area contributed by atoms with Gasteiger partial charge in [0.05, 0.1) is 13.2 Å². The molecular weight excluding hydrogens is 729 g/mol. The zero-order valence-corrected chi connectivity index (χ0v) is 36.0. The highest BCUT2D eigenvalue weighted by Gasteiger charge is 2.19. The van der Waals surface area contributed by atoms with Gasteiger partial charge in [0, 0.05) is 12.8 Å². The number of aliphatic hydroxyl groups excluding tert-OH is 1. The second-order valence-corrected chi connectivity index (χ2v) is 14.4. The van der Waals surface area contributed by atoms with Gasteiger partial charge in [-0.2, -0.15) is 0 Å². The first-order chi connectivity index (χ1) is 28.3. The Morgan fingerprint density at radius 1 is 0.517 bits per heavy atom. The average Bonchev–Trinajstić information content (AvgIpc) is 3.21. The average molecular weight is 807 g/mol. The minimum atomic E-state index is -1.39. The topological polar surface area (TPSA) is 142 Å². The van der Waals surface area contributed by atoms with E-state index < -0.39 is 24.5 Å². The minimum Gasteiger partial charge on any atom is -0.480 e. The van der Waals surface area contributed by atoms with Crippen LogP contribution in [0.2, 0.25) is 0 Å². The fourth-order valence-corrected chi connectivity index (χ4v) is 5.75. The highest BCUT2D eigenvalue weighted by Crippen LogP contribution is 2.17. The number of esters is 1. The molecule has 0 aliphatic carbocycles. The number of rotatable bonds is 38. The summed E-state index contributed by atoms with van der Waals surface area (Å²) in [7, 11) is 0. The molecule has 0 fully saturated rings. The molecule has 0 aromatic carbocycles. The number of carboxylic acids is 1. The van der Waals surface area contributed by atoms with Crippen LogP contribution in [0.15, 0.2) is 97.2 Å². The Morgan fingerprint density at radius 2 is 0.931 bits per heavy atom. The van der Waals surface area contributed by atoms with Gasteiger partial charge in [0.25, 0.3) is 0 Å². The zero-order chi connectivity index (χ0) is 42.6. The number of aliphatic hydroxyl groups is 1. The lowest BCUT2D eigenvalue weighted by molar-refractivity contribution is -0.150. The summed E-state index contributed by atoms with van der Waals surface area (Å²) in [6.45, 7) is 3.23. The largest absolute Gasteiger partial charge is 0.480 e. The number of amides is 2. The molecule has 326 valence electrons. The van der Waals surface area contributed by atoms with E-state index in [-0.39, 0.29) is 30.9 Å². The van der Waals surface area contributed by atoms with Crippen molar-refractivity contribution in [1.82, 2.24) is 10.6 Å². The van der Waals surface area contributed by atoms with E-state index in [1.54, 1.807) is 0 Å². The number of aliphatic carboxylic acids is 1. The summed E-state index contributed by atoms with van der Waals surface area (Å²) < 4.78 is 5.99. The first-order valence-corrected chi connectivity index (χ1v) is 22.1. The summed E-state index contributed by atoms with van der Waals surface area (Å²) >= 11 is 0. The SMILES string of the molecule is CC/C=C\C/C=C\C/C=C\C/C=C\CCCCC(=O)OC(CCCC/C=C\C/C=C\C/C=C\C/C=C\CC)CCCCCCCC(=O)NCC(=O)NC(CO)C(=O)O. The zero-order valence-electron chi connectivity index (χ0n) is 36.0. The van der Waals surface area contributed by atoms with Crippen molar-refractivity contribution in [2.24, 2.45) is 0 Å². The van der Waals surface area contributed by atoms with Gasteiger partial charge in [-0.3, -0.25) is 14.4 Å². The molecule has 2 unspecified atom stereocenters. The molecule has 4 N–H and O–H groups in total. The summed E-state index contributed by atoms with van der Waals surface area (Å²) in [6, 6.07) is -1.39. The first-order valence-electron chi connectivity index (χ1n) is 22.1. The summed E-state index contributed by atoms with van der Waals surface area (Å²) in [6.07, 6.45) is 55.7. The highest BCUT2D eigenvalue weighted by atomic mass is 16.5. The molecule has 0 aromatic heterocycles. The van der Waals surface area contributed by atoms with E-state index in [0.29, 0.717) is 12.8 Å². The van der Waals surface area contributed by atoms with Gasteiger partial charge in [0.2, 0.25) is 11.8 Å². The van der Waals surface area contributed by atoms with Gasteiger partial charge in [-0.05, 0) is 116 Å². The maximum Gasteiger partial charge on any atom is 0.328 e. The van der Waals surface area contributed by atoms with Crippen molar-refractivity contribution >= 4 is 23.8 Å². The molecule has 58 heavy (non-hydrogen) atoms. The predicted octanol–water partition coefficient (Wildman–Crippen LogP) is 11.0. The number of carbonyl (C=O) groups is 4. The van der Waals surface area contributed by atoms with Crippen molar-refractivity contribution in [2.75, 3.05) is 13.2 Å². The lowest BCUT2D eigenvalue weighted by Gasteiger charge is -2.18. The van der Waals surface area contributed by atoms with Gasteiger partial charge in [-0.25, -0.2) is 4.79 Å². The third kappa shape index (κ3) is 38.6. The van der Waals surface area contributed by atoms with Crippen molar-refractivity contribution in [1.29, 1.82) is 0 Å². The minimum absolute atomic E-state index is 0.0808. The van der Waals surface area contributed by atoms with Crippen LogP contribution in [0, 0.1) is 0 Å².